The minimum Gasteiger partial charge on any atom is -0.347 e. The highest BCUT2D eigenvalue weighted by molar-refractivity contribution is 5.81. The molecular weight excluding hydrogens is 200 g/mol. The van der Waals surface area contributed by atoms with Crippen molar-refractivity contribution in [2.45, 2.75) is 32.7 Å². The average molecular weight is 222 g/mol. The van der Waals surface area contributed by atoms with Crippen molar-refractivity contribution in [1.82, 2.24) is 10.6 Å². The number of carbonyl (C=O) groups is 1. The maximum absolute atomic E-state index is 12.2. The molecule has 3 aliphatic rings. The molecule has 2 unspecified atom stereocenters. The monoisotopic (exact) mass is 222 g/mol. The van der Waals surface area contributed by atoms with E-state index in [0.29, 0.717) is 11.8 Å². The van der Waals surface area contributed by atoms with Crippen LogP contribution in [0.15, 0.2) is 12.2 Å². The Morgan fingerprint density at radius 1 is 1.38 bits per heavy atom. The fourth-order valence-corrected chi connectivity index (χ4v) is 2.67. The quantitative estimate of drug-likeness (QED) is 0.707. The molecule has 2 N–H and O–H groups in total. The van der Waals surface area contributed by atoms with Gasteiger partial charge in [-0.2, -0.15) is 0 Å². The van der Waals surface area contributed by atoms with Crippen LogP contribution in [0.4, 0.5) is 0 Å². The van der Waals surface area contributed by atoms with Crippen LogP contribution in [0.25, 0.3) is 0 Å². The summed E-state index contributed by atoms with van der Waals surface area (Å²) in [6.45, 7) is 11.9. The Hall–Kier alpha value is -0.830. The van der Waals surface area contributed by atoms with Crippen molar-refractivity contribution in [3.8, 4) is 0 Å². The Morgan fingerprint density at radius 3 is 2.38 bits per heavy atom. The lowest BCUT2D eigenvalue weighted by molar-refractivity contribution is -0.137. The smallest absolute Gasteiger partial charge is 0.224 e. The highest BCUT2D eigenvalue weighted by atomic mass is 16.2. The predicted molar refractivity (Wildman–Crippen MR) is 65.0 cm³/mol. The SMILES string of the molecule is C=C(C)C(C)(C)NC(=O)C1C2CNC[C@@H]1C2. The molecule has 0 aromatic rings. The van der Waals surface area contributed by atoms with Crippen LogP contribution in [0.2, 0.25) is 0 Å². The van der Waals surface area contributed by atoms with Crippen molar-refractivity contribution in [3.05, 3.63) is 12.2 Å². The van der Waals surface area contributed by atoms with Gasteiger partial charge in [0.15, 0.2) is 0 Å². The van der Waals surface area contributed by atoms with E-state index in [-0.39, 0.29) is 17.4 Å². The number of carbonyl (C=O) groups excluding carboxylic acids is 1. The number of amides is 1. The Morgan fingerprint density at radius 2 is 1.94 bits per heavy atom. The molecule has 2 bridgehead atoms. The summed E-state index contributed by atoms with van der Waals surface area (Å²) in [6.07, 6.45) is 1.22. The van der Waals surface area contributed by atoms with Gasteiger partial charge in [-0.15, -0.1) is 0 Å². The summed E-state index contributed by atoms with van der Waals surface area (Å²) in [5.41, 5.74) is 0.720. The van der Waals surface area contributed by atoms with Crippen LogP contribution in [0, 0.1) is 17.8 Å². The van der Waals surface area contributed by atoms with Crippen LogP contribution in [0.3, 0.4) is 0 Å². The van der Waals surface area contributed by atoms with Gasteiger partial charge in [-0.1, -0.05) is 12.2 Å². The zero-order chi connectivity index (χ0) is 11.9. The zero-order valence-corrected chi connectivity index (χ0v) is 10.5. The number of nitrogens with one attached hydrogen (secondary N) is 2. The van der Waals surface area contributed by atoms with E-state index in [0.717, 1.165) is 18.7 Å². The molecule has 0 radical (unpaired) electrons. The van der Waals surface area contributed by atoms with Gasteiger partial charge in [0.05, 0.1) is 5.54 Å². The van der Waals surface area contributed by atoms with Crippen molar-refractivity contribution < 1.29 is 4.79 Å². The van der Waals surface area contributed by atoms with E-state index < -0.39 is 0 Å². The number of piperidine rings is 2. The molecule has 1 saturated carbocycles. The third-order valence-corrected chi connectivity index (χ3v) is 4.24. The highest BCUT2D eigenvalue weighted by Crippen LogP contribution is 2.42. The van der Waals surface area contributed by atoms with Crippen molar-refractivity contribution in [1.29, 1.82) is 0 Å². The normalized spacial score (nSPS) is 32.8. The molecule has 90 valence electrons. The van der Waals surface area contributed by atoms with Crippen LogP contribution in [0.1, 0.15) is 27.2 Å². The van der Waals surface area contributed by atoms with Crippen LogP contribution >= 0.6 is 0 Å². The molecule has 0 aromatic heterocycles. The largest absolute Gasteiger partial charge is 0.347 e. The fraction of sp³-hybridized carbons (Fsp3) is 0.769. The molecule has 2 heterocycles. The van der Waals surface area contributed by atoms with Gasteiger partial charge >= 0.3 is 0 Å². The molecule has 3 nitrogen and oxygen atoms in total. The summed E-state index contributed by atoms with van der Waals surface area (Å²) < 4.78 is 0. The maximum atomic E-state index is 12.2. The van der Waals surface area contributed by atoms with Crippen molar-refractivity contribution in [3.63, 3.8) is 0 Å². The van der Waals surface area contributed by atoms with Gasteiger partial charge in [0.2, 0.25) is 5.91 Å². The van der Waals surface area contributed by atoms with E-state index in [2.05, 4.69) is 17.2 Å². The first-order chi connectivity index (χ1) is 7.42. The minimum atomic E-state index is -0.283. The minimum absolute atomic E-state index is 0.218. The fourth-order valence-electron chi connectivity index (χ4n) is 2.67. The second kappa shape index (κ2) is 3.88. The molecule has 0 spiro atoms. The van der Waals surface area contributed by atoms with Gasteiger partial charge in [0.1, 0.15) is 0 Å². The Kier molecular flexibility index (Phi) is 2.82. The second-order valence-electron chi connectivity index (χ2n) is 5.83. The Labute approximate surface area is 97.7 Å². The zero-order valence-electron chi connectivity index (χ0n) is 10.5. The van der Waals surface area contributed by atoms with E-state index in [1.54, 1.807) is 0 Å². The van der Waals surface area contributed by atoms with E-state index in [1.807, 2.05) is 20.8 Å². The first kappa shape index (κ1) is 11.6. The third-order valence-electron chi connectivity index (χ3n) is 4.24. The van der Waals surface area contributed by atoms with Gasteiger partial charge < -0.3 is 10.6 Å². The molecule has 2 saturated heterocycles. The van der Waals surface area contributed by atoms with Gasteiger partial charge in [0.25, 0.3) is 0 Å². The second-order valence-corrected chi connectivity index (χ2v) is 5.83. The lowest BCUT2D eigenvalue weighted by Gasteiger charge is -2.49. The van der Waals surface area contributed by atoms with Gasteiger partial charge in [0, 0.05) is 5.92 Å². The molecule has 3 heteroatoms. The van der Waals surface area contributed by atoms with Crippen LogP contribution in [-0.2, 0) is 4.79 Å². The van der Waals surface area contributed by atoms with Crippen molar-refractivity contribution in [2.75, 3.05) is 13.1 Å². The molecule has 3 fully saturated rings. The lowest BCUT2D eigenvalue weighted by Crippen LogP contribution is -2.60. The van der Waals surface area contributed by atoms with Gasteiger partial charge in [-0.25, -0.2) is 0 Å². The maximum Gasteiger partial charge on any atom is 0.224 e. The summed E-state index contributed by atoms with van der Waals surface area (Å²) in [6, 6.07) is 0. The van der Waals surface area contributed by atoms with Crippen LogP contribution in [0.5, 0.6) is 0 Å². The Bertz CT molecular complexity index is 308. The lowest BCUT2D eigenvalue weighted by atomic mass is 9.61. The predicted octanol–water partition coefficient (Wildman–Crippen LogP) is 1.31. The van der Waals surface area contributed by atoms with Gasteiger partial charge in [-0.05, 0) is 52.1 Å². The first-order valence-corrected chi connectivity index (χ1v) is 6.10. The van der Waals surface area contributed by atoms with Crippen molar-refractivity contribution in [2.24, 2.45) is 17.8 Å². The highest BCUT2D eigenvalue weighted by Gasteiger charge is 2.48. The first-order valence-electron chi connectivity index (χ1n) is 6.10. The number of hydrogen-bond acceptors (Lipinski definition) is 2. The Balaban J connectivity index is 1.96. The molecule has 1 amide bonds. The van der Waals surface area contributed by atoms with E-state index in [1.165, 1.54) is 6.42 Å². The summed E-state index contributed by atoms with van der Waals surface area (Å²) in [4.78, 5) is 12.2. The molecule has 1 aliphatic carbocycles. The number of fused-ring (bicyclic) bond motifs is 2. The molecule has 16 heavy (non-hydrogen) atoms. The molecule has 3 rings (SSSR count). The molecule has 3 atom stereocenters. The van der Waals surface area contributed by atoms with Gasteiger partial charge in [-0.3, -0.25) is 4.79 Å². The van der Waals surface area contributed by atoms with Crippen LogP contribution in [-0.4, -0.2) is 24.5 Å². The van der Waals surface area contributed by atoms with E-state index in [4.69, 9.17) is 0 Å². The van der Waals surface area contributed by atoms with Crippen molar-refractivity contribution >= 4 is 5.91 Å². The molecule has 2 aliphatic heterocycles. The number of rotatable bonds is 3. The molecule has 0 aromatic carbocycles. The van der Waals surface area contributed by atoms with Crippen LogP contribution < -0.4 is 10.6 Å². The number of hydrogen-bond donors (Lipinski definition) is 2. The summed E-state index contributed by atoms with van der Waals surface area (Å²) in [5.74, 6) is 1.56. The van der Waals surface area contributed by atoms with E-state index in [9.17, 15) is 4.79 Å². The summed E-state index contributed by atoms with van der Waals surface area (Å²) >= 11 is 0. The topological polar surface area (TPSA) is 41.1 Å². The molecular formula is C13H22N2O. The third kappa shape index (κ3) is 1.88. The summed E-state index contributed by atoms with van der Waals surface area (Å²) in [5, 5.41) is 6.48. The summed E-state index contributed by atoms with van der Waals surface area (Å²) in [7, 11) is 0. The standard InChI is InChI=1S/C13H22N2O/c1-8(2)13(3,4)15-12(16)11-9-5-10(11)7-14-6-9/h9-11,14H,1,5-7H2,2-4H3,(H,15,16)/t9-,10?,11?/m0/s1. The van der Waals surface area contributed by atoms with E-state index >= 15 is 0 Å². The average Bonchev–Trinajstić information content (AvgIpc) is 2.17.